The SMILES string of the molecule is CC(C)c1ccccc1OC(=O)N(C)O. The average Bonchev–Trinajstić information content (AvgIpc) is 2.18. The molecule has 1 amide bonds. The first-order valence-electron chi connectivity index (χ1n) is 4.75. The first kappa shape index (κ1) is 11.5. The maximum atomic E-state index is 11.1. The Morgan fingerprint density at radius 1 is 1.40 bits per heavy atom. The molecule has 0 aliphatic carbocycles. The van der Waals surface area contributed by atoms with Gasteiger partial charge < -0.3 is 4.74 Å². The Kier molecular flexibility index (Phi) is 3.68. The largest absolute Gasteiger partial charge is 0.438 e. The van der Waals surface area contributed by atoms with E-state index in [4.69, 9.17) is 9.94 Å². The van der Waals surface area contributed by atoms with Gasteiger partial charge in [0.1, 0.15) is 5.75 Å². The van der Waals surface area contributed by atoms with E-state index in [2.05, 4.69) is 0 Å². The Labute approximate surface area is 89.0 Å². The highest BCUT2D eigenvalue weighted by molar-refractivity contribution is 5.69. The van der Waals surface area contributed by atoms with Gasteiger partial charge in [-0.2, -0.15) is 5.06 Å². The second kappa shape index (κ2) is 4.79. The van der Waals surface area contributed by atoms with Crippen molar-refractivity contribution in [3.63, 3.8) is 0 Å². The van der Waals surface area contributed by atoms with Crippen molar-refractivity contribution < 1.29 is 14.7 Å². The van der Waals surface area contributed by atoms with Crippen LogP contribution in [0.15, 0.2) is 24.3 Å². The van der Waals surface area contributed by atoms with Crippen LogP contribution in [0.1, 0.15) is 25.3 Å². The summed E-state index contributed by atoms with van der Waals surface area (Å²) in [4.78, 5) is 11.1. The van der Waals surface area contributed by atoms with Crippen LogP contribution in [0, 0.1) is 0 Å². The first-order valence-corrected chi connectivity index (χ1v) is 4.75. The van der Waals surface area contributed by atoms with Gasteiger partial charge in [-0.15, -0.1) is 0 Å². The third kappa shape index (κ3) is 2.95. The molecule has 0 spiro atoms. The van der Waals surface area contributed by atoms with Gasteiger partial charge in [0.05, 0.1) is 0 Å². The molecule has 0 saturated carbocycles. The molecule has 0 aliphatic heterocycles. The molecule has 0 heterocycles. The zero-order valence-electron chi connectivity index (χ0n) is 9.10. The van der Waals surface area contributed by atoms with E-state index in [-0.39, 0.29) is 5.92 Å². The first-order chi connectivity index (χ1) is 7.02. The lowest BCUT2D eigenvalue weighted by Gasteiger charge is -2.14. The summed E-state index contributed by atoms with van der Waals surface area (Å²) in [5.74, 6) is 0.747. The minimum Gasteiger partial charge on any atom is -0.408 e. The van der Waals surface area contributed by atoms with Gasteiger partial charge in [-0.05, 0) is 17.5 Å². The van der Waals surface area contributed by atoms with Crippen molar-refractivity contribution in [2.45, 2.75) is 19.8 Å². The van der Waals surface area contributed by atoms with E-state index in [1.165, 1.54) is 7.05 Å². The van der Waals surface area contributed by atoms with Crippen molar-refractivity contribution in [1.82, 2.24) is 5.06 Å². The average molecular weight is 209 g/mol. The van der Waals surface area contributed by atoms with E-state index in [9.17, 15) is 4.79 Å². The number of carbonyl (C=O) groups excluding carboxylic acids is 1. The number of rotatable bonds is 2. The second-order valence-corrected chi connectivity index (χ2v) is 3.58. The van der Waals surface area contributed by atoms with E-state index in [0.29, 0.717) is 10.8 Å². The molecule has 1 N–H and O–H groups in total. The van der Waals surface area contributed by atoms with Crippen molar-refractivity contribution >= 4 is 6.09 Å². The molecule has 0 aliphatic rings. The molecule has 82 valence electrons. The van der Waals surface area contributed by atoms with Gasteiger partial charge in [-0.25, -0.2) is 4.79 Å². The van der Waals surface area contributed by atoms with Crippen LogP contribution < -0.4 is 4.74 Å². The van der Waals surface area contributed by atoms with Crippen molar-refractivity contribution in [2.75, 3.05) is 7.05 Å². The fourth-order valence-corrected chi connectivity index (χ4v) is 1.21. The molecule has 1 aromatic carbocycles. The molecule has 0 unspecified atom stereocenters. The van der Waals surface area contributed by atoms with Gasteiger partial charge in [0.25, 0.3) is 0 Å². The molecular weight excluding hydrogens is 194 g/mol. The van der Waals surface area contributed by atoms with Crippen LogP contribution in [0.2, 0.25) is 0 Å². The van der Waals surface area contributed by atoms with Gasteiger partial charge >= 0.3 is 6.09 Å². The lowest BCUT2D eigenvalue weighted by Crippen LogP contribution is -2.26. The summed E-state index contributed by atoms with van der Waals surface area (Å²) in [6, 6.07) is 7.27. The number of nitrogens with zero attached hydrogens (tertiary/aromatic N) is 1. The maximum absolute atomic E-state index is 11.1. The minimum atomic E-state index is -0.789. The maximum Gasteiger partial charge on any atom is 0.438 e. The Hall–Kier alpha value is -1.55. The molecule has 4 nitrogen and oxygen atoms in total. The van der Waals surface area contributed by atoms with Crippen LogP contribution in [0.5, 0.6) is 5.75 Å². The van der Waals surface area contributed by atoms with Crippen LogP contribution in [-0.2, 0) is 0 Å². The Morgan fingerprint density at radius 2 is 2.00 bits per heavy atom. The van der Waals surface area contributed by atoms with Crippen LogP contribution in [0.4, 0.5) is 4.79 Å². The smallest absolute Gasteiger partial charge is 0.408 e. The lowest BCUT2D eigenvalue weighted by molar-refractivity contribution is -0.0372. The fraction of sp³-hybridized carbons (Fsp3) is 0.364. The number of para-hydroxylation sites is 1. The number of hydroxylamine groups is 2. The van der Waals surface area contributed by atoms with Crippen molar-refractivity contribution in [3.8, 4) is 5.75 Å². The number of benzene rings is 1. The normalized spacial score (nSPS) is 10.2. The monoisotopic (exact) mass is 209 g/mol. The third-order valence-electron chi connectivity index (χ3n) is 2.00. The molecule has 1 rings (SSSR count). The number of ether oxygens (including phenoxy) is 1. The van der Waals surface area contributed by atoms with Gasteiger partial charge in [0, 0.05) is 7.05 Å². The lowest BCUT2D eigenvalue weighted by atomic mass is 10.0. The van der Waals surface area contributed by atoms with E-state index in [0.717, 1.165) is 5.56 Å². The van der Waals surface area contributed by atoms with Crippen LogP contribution >= 0.6 is 0 Å². The summed E-state index contributed by atoms with van der Waals surface area (Å²) in [7, 11) is 1.22. The Bertz CT molecular complexity index is 347. The highest BCUT2D eigenvalue weighted by Gasteiger charge is 2.13. The van der Waals surface area contributed by atoms with Gasteiger partial charge in [0.15, 0.2) is 0 Å². The molecule has 0 radical (unpaired) electrons. The quantitative estimate of drug-likeness (QED) is 0.601. The predicted molar refractivity (Wildman–Crippen MR) is 56.1 cm³/mol. The number of hydrogen-bond donors (Lipinski definition) is 1. The summed E-state index contributed by atoms with van der Waals surface area (Å²) in [5, 5.41) is 9.28. The standard InChI is InChI=1S/C11H15NO3/c1-8(2)9-6-4-5-7-10(9)15-11(13)12(3)14/h4-8,14H,1-3H3. The Balaban J connectivity index is 2.89. The van der Waals surface area contributed by atoms with E-state index in [1.54, 1.807) is 12.1 Å². The van der Waals surface area contributed by atoms with Gasteiger partial charge in [-0.1, -0.05) is 32.0 Å². The number of carbonyl (C=O) groups is 1. The molecule has 0 bridgehead atoms. The summed E-state index contributed by atoms with van der Waals surface area (Å²) in [6.07, 6.45) is -0.789. The Morgan fingerprint density at radius 3 is 2.53 bits per heavy atom. The van der Waals surface area contributed by atoms with E-state index < -0.39 is 6.09 Å². The number of amides is 1. The summed E-state index contributed by atoms with van der Waals surface area (Å²) < 4.78 is 5.01. The zero-order valence-corrected chi connectivity index (χ0v) is 9.10. The summed E-state index contributed by atoms with van der Waals surface area (Å²) >= 11 is 0. The van der Waals surface area contributed by atoms with Crippen molar-refractivity contribution in [2.24, 2.45) is 0 Å². The molecule has 0 aromatic heterocycles. The predicted octanol–water partition coefficient (Wildman–Crippen LogP) is 2.63. The van der Waals surface area contributed by atoms with Crippen molar-refractivity contribution in [1.29, 1.82) is 0 Å². The molecule has 1 aromatic rings. The van der Waals surface area contributed by atoms with Crippen LogP contribution in [0.25, 0.3) is 0 Å². The molecule has 0 saturated heterocycles. The fourth-order valence-electron chi connectivity index (χ4n) is 1.21. The third-order valence-corrected chi connectivity index (χ3v) is 2.00. The summed E-state index contributed by atoms with van der Waals surface area (Å²) in [5.41, 5.74) is 0.938. The van der Waals surface area contributed by atoms with Gasteiger partial charge in [-0.3, -0.25) is 5.21 Å². The molecule has 4 heteroatoms. The topological polar surface area (TPSA) is 49.8 Å². The molecule has 0 fully saturated rings. The molecule has 15 heavy (non-hydrogen) atoms. The second-order valence-electron chi connectivity index (χ2n) is 3.58. The molecular formula is C11H15NO3. The summed E-state index contributed by atoms with van der Waals surface area (Å²) in [6.45, 7) is 4.02. The highest BCUT2D eigenvalue weighted by atomic mass is 16.6. The zero-order chi connectivity index (χ0) is 11.4. The van der Waals surface area contributed by atoms with Gasteiger partial charge in [0.2, 0.25) is 0 Å². The van der Waals surface area contributed by atoms with Crippen LogP contribution in [0.3, 0.4) is 0 Å². The molecule has 0 atom stereocenters. The van der Waals surface area contributed by atoms with Crippen LogP contribution in [-0.4, -0.2) is 23.4 Å². The highest BCUT2D eigenvalue weighted by Crippen LogP contribution is 2.26. The number of hydrogen-bond acceptors (Lipinski definition) is 3. The minimum absolute atomic E-state index is 0.262. The van der Waals surface area contributed by atoms with Crippen molar-refractivity contribution in [3.05, 3.63) is 29.8 Å². The van der Waals surface area contributed by atoms with E-state index in [1.807, 2.05) is 26.0 Å². The van der Waals surface area contributed by atoms with E-state index >= 15 is 0 Å².